The van der Waals surface area contributed by atoms with Crippen LogP contribution in [0.15, 0.2) is 17.3 Å². The lowest BCUT2D eigenvalue weighted by Crippen LogP contribution is -2.58. The molecule has 154 valence electrons. The molecule has 4 saturated carbocycles. The molecule has 2 unspecified atom stereocenters. The molecule has 5 heteroatoms. The predicted molar refractivity (Wildman–Crippen MR) is 110 cm³/mol. The number of hydrogen-bond acceptors (Lipinski definition) is 3. The molecule has 4 bridgehead atoms. The van der Waals surface area contributed by atoms with Crippen LogP contribution in [0.25, 0.3) is 0 Å². The number of carbonyl (C=O) groups excluding carboxylic acids is 2. The molecule has 0 aromatic heterocycles. The zero-order valence-electron chi connectivity index (χ0n) is 17.3. The molecule has 28 heavy (non-hydrogen) atoms. The van der Waals surface area contributed by atoms with Gasteiger partial charge in [0.15, 0.2) is 0 Å². The summed E-state index contributed by atoms with van der Waals surface area (Å²) in [6.07, 6.45) is 16.3. The van der Waals surface area contributed by atoms with Gasteiger partial charge in [0.1, 0.15) is 6.04 Å². The molecule has 0 spiro atoms. The van der Waals surface area contributed by atoms with Gasteiger partial charge in [-0.25, -0.2) is 5.43 Å². The van der Waals surface area contributed by atoms with Crippen LogP contribution in [0.2, 0.25) is 0 Å². The van der Waals surface area contributed by atoms with Crippen LogP contribution >= 0.6 is 0 Å². The molecule has 0 saturated heterocycles. The summed E-state index contributed by atoms with van der Waals surface area (Å²) in [7, 11) is 0. The highest BCUT2D eigenvalue weighted by Crippen LogP contribution is 2.60. The summed E-state index contributed by atoms with van der Waals surface area (Å²) in [4.78, 5) is 26.0. The number of hydrogen-bond donors (Lipinski definition) is 2. The van der Waals surface area contributed by atoms with Crippen LogP contribution in [-0.2, 0) is 9.59 Å². The van der Waals surface area contributed by atoms with E-state index in [-0.39, 0.29) is 23.1 Å². The van der Waals surface area contributed by atoms with Crippen molar-refractivity contribution >= 4 is 18.0 Å². The Morgan fingerprint density at radius 1 is 1.07 bits per heavy atom. The molecule has 0 aromatic carbocycles. The van der Waals surface area contributed by atoms with E-state index in [0.29, 0.717) is 5.92 Å². The third-order valence-electron chi connectivity index (χ3n) is 7.53. The molecule has 4 fully saturated rings. The fraction of sp³-hybridized carbons (Fsp3) is 0.783. The van der Waals surface area contributed by atoms with Crippen molar-refractivity contribution in [3.05, 3.63) is 12.2 Å². The van der Waals surface area contributed by atoms with E-state index in [1.165, 1.54) is 19.3 Å². The SMILES string of the molecule is CC(C)C(NC(=O)C12CC3CC(CC(C3)C1)C2)C(=O)N/N=C/C1CC=CCC1. The number of hydrazone groups is 1. The number of allylic oxidation sites excluding steroid dienone is 2. The van der Waals surface area contributed by atoms with Gasteiger partial charge in [-0.2, -0.15) is 5.10 Å². The highest BCUT2D eigenvalue weighted by Gasteiger charge is 2.55. The van der Waals surface area contributed by atoms with Crippen molar-refractivity contribution in [3.8, 4) is 0 Å². The largest absolute Gasteiger partial charge is 0.344 e. The Morgan fingerprint density at radius 2 is 1.71 bits per heavy atom. The lowest BCUT2D eigenvalue weighted by molar-refractivity contribution is -0.149. The Bertz CT molecular complexity index is 631. The minimum atomic E-state index is -0.524. The molecular formula is C23H35N3O2. The molecule has 5 aliphatic carbocycles. The van der Waals surface area contributed by atoms with Crippen molar-refractivity contribution in [3.63, 3.8) is 0 Å². The van der Waals surface area contributed by atoms with E-state index in [1.807, 2.05) is 20.1 Å². The lowest BCUT2D eigenvalue weighted by atomic mass is 9.49. The molecule has 0 aromatic rings. The second-order valence-corrected chi connectivity index (χ2v) is 10.2. The standard InChI is InChI=1S/C23H35N3O2/c1-15(2)20(21(27)26-24-14-16-6-4-3-5-7-16)25-22(28)23-11-17-8-18(12-23)10-19(9-17)13-23/h3-4,14-20H,5-13H2,1-2H3,(H,25,28)(H,26,27)/b24-14+. The summed E-state index contributed by atoms with van der Waals surface area (Å²) in [5, 5.41) is 7.31. The number of carbonyl (C=O) groups is 2. The van der Waals surface area contributed by atoms with Crippen LogP contribution < -0.4 is 10.7 Å². The number of nitrogens with zero attached hydrogens (tertiary/aromatic N) is 1. The van der Waals surface area contributed by atoms with Gasteiger partial charge in [-0.15, -0.1) is 0 Å². The van der Waals surface area contributed by atoms with Crippen LogP contribution in [0.1, 0.15) is 71.6 Å². The Balaban J connectivity index is 1.36. The van der Waals surface area contributed by atoms with Gasteiger partial charge in [0.2, 0.25) is 5.91 Å². The van der Waals surface area contributed by atoms with Gasteiger partial charge in [0.25, 0.3) is 5.91 Å². The minimum Gasteiger partial charge on any atom is -0.344 e. The number of rotatable bonds is 6. The molecule has 2 amide bonds. The maximum atomic E-state index is 13.3. The molecule has 2 atom stereocenters. The summed E-state index contributed by atoms with van der Waals surface area (Å²) >= 11 is 0. The molecule has 0 radical (unpaired) electrons. The van der Waals surface area contributed by atoms with Crippen LogP contribution in [0.5, 0.6) is 0 Å². The van der Waals surface area contributed by atoms with Gasteiger partial charge >= 0.3 is 0 Å². The van der Waals surface area contributed by atoms with Gasteiger partial charge in [-0.1, -0.05) is 26.0 Å². The average Bonchev–Trinajstić information content (AvgIpc) is 2.65. The van der Waals surface area contributed by atoms with Crippen molar-refractivity contribution < 1.29 is 9.59 Å². The Labute approximate surface area is 168 Å². The summed E-state index contributed by atoms with van der Waals surface area (Å²) in [6, 6.07) is -0.524. The smallest absolute Gasteiger partial charge is 0.262 e. The molecular weight excluding hydrogens is 350 g/mol. The monoisotopic (exact) mass is 385 g/mol. The van der Waals surface area contributed by atoms with Gasteiger partial charge < -0.3 is 5.32 Å². The Kier molecular flexibility index (Phi) is 5.62. The van der Waals surface area contributed by atoms with E-state index < -0.39 is 6.04 Å². The first kappa shape index (κ1) is 19.7. The first-order chi connectivity index (χ1) is 13.4. The van der Waals surface area contributed by atoms with E-state index in [2.05, 4.69) is 28.0 Å². The highest BCUT2D eigenvalue weighted by atomic mass is 16.2. The van der Waals surface area contributed by atoms with Crippen molar-refractivity contribution in [1.82, 2.24) is 10.7 Å². The number of nitrogens with one attached hydrogen (secondary N) is 2. The molecule has 5 nitrogen and oxygen atoms in total. The molecule has 0 aliphatic heterocycles. The average molecular weight is 386 g/mol. The first-order valence-corrected chi connectivity index (χ1v) is 11.2. The molecule has 2 N–H and O–H groups in total. The fourth-order valence-corrected chi connectivity index (χ4v) is 6.45. The van der Waals surface area contributed by atoms with E-state index in [9.17, 15) is 9.59 Å². The van der Waals surface area contributed by atoms with Crippen LogP contribution in [0.4, 0.5) is 0 Å². The van der Waals surface area contributed by atoms with Gasteiger partial charge in [0.05, 0.1) is 0 Å². The van der Waals surface area contributed by atoms with E-state index in [4.69, 9.17) is 0 Å². The third kappa shape index (κ3) is 4.04. The normalized spacial score (nSPS) is 37.4. The molecule has 5 rings (SSSR count). The third-order valence-corrected chi connectivity index (χ3v) is 7.53. The van der Waals surface area contributed by atoms with Gasteiger partial charge in [0, 0.05) is 11.6 Å². The van der Waals surface area contributed by atoms with Gasteiger partial charge in [-0.3, -0.25) is 9.59 Å². The maximum Gasteiger partial charge on any atom is 0.262 e. The molecule has 0 heterocycles. The zero-order valence-corrected chi connectivity index (χ0v) is 17.3. The summed E-state index contributed by atoms with van der Waals surface area (Å²) in [5.41, 5.74) is 2.46. The predicted octanol–water partition coefficient (Wildman–Crippen LogP) is 3.80. The lowest BCUT2D eigenvalue weighted by Gasteiger charge is -2.55. The van der Waals surface area contributed by atoms with Crippen molar-refractivity contribution in [2.24, 2.45) is 40.1 Å². The van der Waals surface area contributed by atoms with Crippen LogP contribution in [-0.4, -0.2) is 24.1 Å². The number of amides is 2. The Hall–Kier alpha value is -1.65. The van der Waals surface area contributed by atoms with Crippen LogP contribution in [0.3, 0.4) is 0 Å². The van der Waals surface area contributed by atoms with Crippen LogP contribution in [0, 0.1) is 35.0 Å². The second-order valence-electron chi connectivity index (χ2n) is 10.2. The highest BCUT2D eigenvalue weighted by molar-refractivity contribution is 5.90. The van der Waals surface area contributed by atoms with E-state index >= 15 is 0 Å². The molecule has 5 aliphatic rings. The van der Waals surface area contributed by atoms with E-state index in [1.54, 1.807) is 0 Å². The quantitative estimate of drug-likeness (QED) is 0.415. The maximum absolute atomic E-state index is 13.3. The van der Waals surface area contributed by atoms with Crippen molar-refractivity contribution in [2.75, 3.05) is 0 Å². The first-order valence-electron chi connectivity index (χ1n) is 11.2. The summed E-state index contributed by atoms with van der Waals surface area (Å²) in [6.45, 7) is 3.97. The van der Waals surface area contributed by atoms with Gasteiger partial charge in [-0.05, 0) is 87.4 Å². The van der Waals surface area contributed by atoms with E-state index in [0.717, 1.165) is 56.3 Å². The van der Waals surface area contributed by atoms with Crippen molar-refractivity contribution in [1.29, 1.82) is 0 Å². The summed E-state index contributed by atoms with van der Waals surface area (Å²) in [5.74, 6) is 2.50. The second kappa shape index (κ2) is 8.00. The Morgan fingerprint density at radius 3 is 2.25 bits per heavy atom. The topological polar surface area (TPSA) is 70.6 Å². The zero-order chi connectivity index (χ0) is 19.7. The van der Waals surface area contributed by atoms with Crippen molar-refractivity contribution in [2.45, 2.75) is 77.7 Å². The summed E-state index contributed by atoms with van der Waals surface area (Å²) < 4.78 is 0. The minimum absolute atomic E-state index is 0.0330. The fourth-order valence-electron chi connectivity index (χ4n) is 6.45.